The van der Waals surface area contributed by atoms with Crippen LogP contribution in [0, 0.1) is 20.8 Å². The summed E-state index contributed by atoms with van der Waals surface area (Å²) in [7, 11) is 0. The average molecular weight is 327 g/mol. The lowest BCUT2D eigenvalue weighted by Crippen LogP contribution is -2.23. The van der Waals surface area contributed by atoms with E-state index in [1.807, 2.05) is 57.2 Å². The molecule has 0 saturated carbocycles. The lowest BCUT2D eigenvalue weighted by Gasteiger charge is -2.10. The number of anilines is 1. The second-order valence-electron chi connectivity index (χ2n) is 5.64. The topological polar surface area (TPSA) is 64.6 Å². The average Bonchev–Trinajstić information content (AvgIpc) is 2.52. The van der Waals surface area contributed by atoms with Gasteiger partial charge in [0.2, 0.25) is 0 Å². The number of hydrogen-bond donors (Lipinski definition) is 1. The van der Waals surface area contributed by atoms with Crippen molar-refractivity contribution in [2.45, 2.75) is 20.8 Å². The second-order valence-corrected chi connectivity index (χ2v) is 5.64. The number of benzene rings is 2. The van der Waals surface area contributed by atoms with Crippen LogP contribution < -0.4 is 10.1 Å². The highest BCUT2D eigenvalue weighted by Crippen LogP contribution is 2.18. The monoisotopic (exact) mass is 327 g/mol. The Morgan fingerprint density at radius 2 is 1.71 bits per heavy atom. The van der Waals surface area contributed by atoms with Crippen LogP contribution in [-0.4, -0.2) is 25.1 Å². The van der Waals surface area contributed by atoms with Crippen molar-refractivity contribution in [2.24, 2.45) is 0 Å². The van der Waals surface area contributed by atoms with Crippen molar-refractivity contribution in [3.8, 4) is 5.75 Å². The van der Waals surface area contributed by atoms with Crippen molar-refractivity contribution in [2.75, 3.05) is 18.5 Å². The minimum absolute atomic E-state index is 0.234. The van der Waals surface area contributed by atoms with Gasteiger partial charge in [-0.25, -0.2) is 4.79 Å². The molecule has 5 nitrogen and oxygen atoms in total. The van der Waals surface area contributed by atoms with Crippen LogP contribution in [0.4, 0.5) is 5.69 Å². The van der Waals surface area contributed by atoms with E-state index in [9.17, 15) is 9.59 Å². The van der Waals surface area contributed by atoms with Gasteiger partial charge in [0.25, 0.3) is 5.91 Å². The van der Waals surface area contributed by atoms with Gasteiger partial charge in [0.1, 0.15) is 5.75 Å². The van der Waals surface area contributed by atoms with E-state index >= 15 is 0 Å². The first-order valence-corrected chi connectivity index (χ1v) is 7.66. The van der Waals surface area contributed by atoms with Crippen LogP contribution in [-0.2, 0) is 14.3 Å². The van der Waals surface area contributed by atoms with Gasteiger partial charge in [-0.05, 0) is 50.1 Å². The third-order valence-electron chi connectivity index (χ3n) is 3.34. The molecule has 0 aliphatic carbocycles. The molecule has 0 bridgehead atoms. The van der Waals surface area contributed by atoms with E-state index in [1.165, 1.54) is 0 Å². The fraction of sp³-hybridized carbons (Fsp3) is 0.263. The number of nitrogens with one attached hydrogen (secondary N) is 1. The van der Waals surface area contributed by atoms with Gasteiger partial charge in [0, 0.05) is 5.69 Å². The Kier molecular flexibility index (Phi) is 5.95. The first-order valence-electron chi connectivity index (χ1n) is 7.66. The van der Waals surface area contributed by atoms with Crippen LogP contribution in [0.5, 0.6) is 5.75 Å². The largest absolute Gasteiger partial charge is 0.482 e. The van der Waals surface area contributed by atoms with E-state index in [4.69, 9.17) is 9.47 Å². The van der Waals surface area contributed by atoms with Gasteiger partial charge in [-0.15, -0.1) is 0 Å². The fourth-order valence-corrected chi connectivity index (χ4v) is 2.21. The number of hydrogen-bond acceptors (Lipinski definition) is 4. The summed E-state index contributed by atoms with van der Waals surface area (Å²) in [6.07, 6.45) is 0. The maximum Gasteiger partial charge on any atom is 0.344 e. The van der Waals surface area contributed by atoms with Gasteiger partial charge < -0.3 is 14.8 Å². The molecule has 0 unspecified atom stereocenters. The summed E-state index contributed by atoms with van der Waals surface area (Å²) in [6.45, 7) is 5.24. The highest BCUT2D eigenvalue weighted by Gasteiger charge is 2.10. The quantitative estimate of drug-likeness (QED) is 0.828. The van der Waals surface area contributed by atoms with E-state index in [0.717, 1.165) is 16.7 Å². The zero-order valence-electron chi connectivity index (χ0n) is 14.1. The van der Waals surface area contributed by atoms with Crippen LogP contribution in [0.2, 0.25) is 0 Å². The summed E-state index contributed by atoms with van der Waals surface area (Å²) in [5, 5.41) is 2.67. The normalized spacial score (nSPS) is 10.1. The lowest BCUT2D eigenvalue weighted by molar-refractivity contribution is -0.149. The Morgan fingerprint density at radius 1 is 0.958 bits per heavy atom. The Morgan fingerprint density at radius 3 is 2.42 bits per heavy atom. The zero-order valence-corrected chi connectivity index (χ0v) is 14.1. The fourth-order valence-electron chi connectivity index (χ4n) is 2.21. The summed E-state index contributed by atoms with van der Waals surface area (Å²) < 4.78 is 10.3. The van der Waals surface area contributed by atoms with Crippen LogP contribution in [0.1, 0.15) is 16.7 Å². The van der Waals surface area contributed by atoms with Gasteiger partial charge in [-0.3, -0.25) is 4.79 Å². The minimum atomic E-state index is -0.589. The van der Waals surface area contributed by atoms with Gasteiger partial charge in [-0.1, -0.05) is 29.8 Å². The molecule has 0 saturated heterocycles. The van der Waals surface area contributed by atoms with Crippen LogP contribution in [0.3, 0.4) is 0 Å². The molecule has 0 aliphatic heterocycles. The molecule has 0 fully saturated rings. The summed E-state index contributed by atoms with van der Waals surface area (Å²) in [5.74, 6) is -0.350. The molecule has 0 radical (unpaired) electrons. The molecule has 0 spiro atoms. The smallest absolute Gasteiger partial charge is 0.344 e. The van der Waals surface area contributed by atoms with Crippen LogP contribution in [0.25, 0.3) is 0 Å². The molecule has 2 aromatic carbocycles. The number of carbonyl (C=O) groups is 2. The van der Waals surface area contributed by atoms with Crippen molar-refractivity contribution in [3.63, 3.8) is 0 Å². The van der Waals surface area contributed by atoms with E-state index in [2.05, 4.69) is 5.32 Å². The molecule has 0 aliphatic rings. The van der Waals surface area contributed by atoms with Gasteiger partial charge in [-0.2, -0.15) is 0 Å². The molecule has 5 heteroatoms. The van der Waals surface area contributed by atoms with Gasteiger partial charge in [0.15, 0.2) is 13.2 Å². The van der Waals surface area contributed by atoms with E-state index < -0.39 is 5.97 Å². The number of amides is 1. The summed E-state index contributed by atoms with van der Waals surface area (Å²) >= 11 is 0. The summed E-state index contributed by atoms with van der Waals surface area (Å²) in [4.78, 5) is 23.4. The molecular weight excluding hydrogens is 306 g/mol. The molecule has 24 heavy (non-hydrogen) atoms. The Hall–Kier alpha value is -2.82. The highest BCUT2D eigenvalue weighted by molar-refractivity contribution is 5.92. The maximum atomic E-state index is 11.8. The number of rotatable bonds is 6. The summed E-state index contributed by atoms with van der Waals surface area (Å²) in [6, 6.07) is 13.1. The Labute approximate surface area is 141 Å². The molecule has 0 atom stereocenters. The third-order valence-corrected chi connectivity index (χ3v) is 3.34. The zero-order chi connectivity index (χ0) is 17.5. The molecular formula is C19H21NO4. The number of ether oxygens (including phenoxy) is 2. The van der Waals surface area contributed by atoms with Crippen LogP contribution in [0.15, 0.2) is 42.5 Å². The van der Waals surface area contributed by atoms with Gasteiger partial charge in [0.05, 0.1) is 0 Å². The van der Waals surface area contributed by atoms with Gasteiger partial charge >= 0.3 is 5.97 Å². The lowest BCUT2D eigenvalue weighted by atomic mass is 10.1. The molecule has 2 rings (SSSR count). The second kappa shape index (κ2) is 8.15. The van der Waals surface area contributed by atoms with E-state index in [0.29, 0.717) is 11.4 Å². The predicted molar refractivity (Wildman–Crippen MR) is 92.2 cm³/mol. The number of carbonyl (C=O) groups excluding carboxylic acids is 2. The molecule has 126 valence electrons. The molecule has 2 aromatic rings. The Bertz CT molecular complexity index is 740. The van der Waals surface area contributed by atoms with E-state index in [-0.39, 0.29) is 19.1 Å². The maximum absolute atomic E-state index is 11.8. The third kappa shape index (κ3) is 5.43. The first-order chi connectivity index (χ1) is 11.4. The predicted octanol–water partition coefficient (Wildman–Crippen LogP) is 3.17. The number of aryl methyl sites for hydroxylation is 3. The van der Waals surface area contributed by atoms with Crippen molar-refractivity contribution in [1.29, 1.82) is 0 Å². The minimum Gasteiger partial charge on any atom is -0.482 e. The molecule has 1 amide bonds. The molecule has 0 heterocycles. The Balaban J connectivity index is 1.75. The standard InChI is InChI=1S/C19H21NO4/c1-13-5-4-6-16(10-13)20-18(21)11-24-19(22)12-23-17-8-7-14(2)9-15(17)3/h4-10H,11-12H2,1-3H3,(H,20,21). The van der Waals surface area contributed by atoms with E-state index in [1.54, 1.807) is 6.07 Å². The molecule has 1 N–H and O–H groups in total. The van der Waals surface area contributed by atoms with Crippen molar-refractivity contribution in [1.82, 2.24) is 0 Å². The first kappa shape index (κ1) is 17.5. The number of esters is 1. The highest BCUT2D eigenvalue weighted by atomic mass is 16.6. The molecule has 0 aromatic heterocycles. The van der Waals surface area contributed by atoms with Crippen LogP contribution >= 0.6 is 0 Å². The van der Waals surface area contributed by atoms with Crippen molar-refractivity contribution in [3.05, 3.63) is 59.2 Å². The van der Waals surface area contributed by atoms with Crippen molar-refractivity contribution >= 4 is 17.6 Å². The SMILES string of the molecule is Cc1cccc(NC(=O)COC(=O)COc2ccc(C)cc2C)c1. The van der Waals surface area contributed by atoms with Crippen molar-refractivity contribution < 1.29 is 19.1 Å². The summed E-state index contributed by atoms with van der Waals surface area (Å²) in [5.41, 5.74) is 3.77.